The van der Waals surface area contributed by atoms with Gasteiger partial charge in [-0.05, 0) is 33.7 Å². The lowest BCUT2D eigenvalue weighted by Crippen LogP contribution is -2.33. The molecular formula is C15H27N5. The van der Waals surface area contributed by atoms with Crippen LogP contribution in [0.3, 0.4) is 0 Å². The van der Waals surface area contributed by atoms with Crippen molar-refractivity contribution in [3.05, 3.63) is 11.9 Å². The number of likely N-dealkylation sites (N-methyl/N-ethyl adjacent to an activating group) is 1. The summed E-state index contributed by atoms with van der Waals surface area (Å²) in [7, 11) is 2.23. The van der Waals surface area contributed by atoms with E-state index in [-0.39, 0.29) is 0 Å². The molecule has 0 unspecified atom stereocenters. The van der Waals surface area contributed by atoms with Crippen LogP contribution >= 0.6 is 0 Å². The Balaban J connectivity index is 1.82. The lowest BCUT2D eigenvalue weighted by atomic mass is 10.2. The molecule has 20 heavy (non-hydrogen) atoms. The molecule has 1 saturated carbocycles. The summed E-state index contributed by atoms with van der Waals surface area (Å²) >= 11 is 0. The Bertz CT molecular complexity index is 415. The van der Waals surface area contributed by atoms with Gasteiger partial charge in [0.1, 0.15) is 18.0 Å². The molecule has 1 aromatic heterocycles. The van der Waals surface area contributed by atoms with Crippen molar-refractivity contribution in [2.45, 2.75) is 45.6 Å². The van der Waals surface area contributed by atoms with E-state index in [0.29, 0.717) is 0 Å². The fraction of sp³-hybridized carbons (Fsp3) is 0.733. The first kappa shape index (κ1) is 15.0. The second-order valence-electron chi connectivity index (χ2n) is 5.57. The summed E-state index contributed by atoms with van der Waals surface area (Å²) in [4.78, 5) is 11.1. The second-order valence-corrected chi connectivity index (χ2v) is 5.57. The molecule has 1 aromatic rings. The maximum Gasteiger partial charge on any atom is 0.134 e. The first-order chi connectivity index (χ1) is 9.72. The fourth-order valence-corrected chi connectivity index (χ4v) is 2.85. The van der Waals surface area contributed by atoms with Crippen molar-refractivity contribution in [2.24, 2.45) is 0 Å². The quantitative estimate of drug-likeness (QED) is 0.802. The van der Waals surface area contributed by atoms with E-state index in [2.05, 4.69) is 46.4 Å². The first-order valence-corrected chi connectivity index (χ1v) is 7.72. The van der Waals surface area contributed by atoms with E-state index in [0.717, 1.165) is 42.9 Å². The Morgan fingerprint density at radius 2 is 1.85 bits per heavy atom. The molecule has 112 valence electrons. The number of nitrogens with one attached hydrogen (secondary N) is 2. The van der Waals surface area contributed by atoms with Gasteiger partial charge in [0.2, 0.25) is 0 Å². The number of anilines is 2. The standard InChI is InChI=1S/C15H27N5/c1-4-16-14-12(2)15(19-11-18-14)17-9-10-20(3)13-7-5-6-8-13/h11,13H,4-10H2,1-3H3,(H2,16,17,18,19). The summed E-state index contributed by atoms with van der Waals surface area (Å²) in [6.07, 6.45) is 7.11. The molecule has 0 aromatic carbocycles. The number of rotatable bonds is 7. The van der Waals surface area contributed by atoms with E-state index in [1.807, 2.05) is 0 Å². The molecule has 1 aliphatic carbocycles. The highest BCUT2D eigenvalue weighted by Gasteiger charge is 2.18. The van der Waals surface area contributed by atoms with Crippen LogP contribution in [-0.2, 0) is 0 Å². The minimum Gasteiger partial charge on any atom is -0.370 e. The highest BCUT2D eigenvalue weighted by Crippen LogP contribution is 2.22. The van der Waals surface area contributed by atoms with Crippen LogP contribution in [0.25, 0.3) is 0 Å². The van der Waals surface area contributed by atoms with Crippen LogP contribution in [-0.4, -0.2) is 47.6 Å². The van der Waals surface area contributed by atoms with Gasteiger partial charge in [-0.1, -0.05) is 12.8 Å². The van der Waals surface area contributed by atoms with Crippen LogP contribution in [0, 0.1) is 6.92 Å². The number of nitrogens with zero attached hydrogens (tertiary/aromatic N) is 3. The van der Waals surface area contributed by atoms with E-state index >= 15 is 0 Å². The minimum absolute atomic E-state index is 0.778. The zero-order valence-electron chi connectivity index (χ0n) is 12.9. The van der Waals surface area contributed by atoms with Gasteiger partial charge in [-0.15, -0.1) is 0 Å². The van der Waals surface area contributed by atoms with Gasteiger partial charge in [0.15, 0.2) is 0 Å². The molecule has 0 aliphatic heterocycles. The van der Waals surface area contributed by atoms with Crippen LogP contribution in [0.1, 0.15) is 38.2 Å². The zero-order valence-corrected chi connectivity index (χ0v) is 12.9. The van der Waals surface area contributed by atoms with E-state index in [4.69, 9.17) is 0 Å². The zero-order chi connectivity index (χ0) is 14.4. The van der Waals surface area contributed by atoms with Crippen molar-refractivity contribution in [1.29, 1.82) is 0 Å². The van der Waals surface area contributed by atoms with Crippen LogP contribution < -0.4 is 10.6 Å². The van der Waals surface area contributed by atoms with Crippen molar-refractivity contribution in [1.82, 2.24) is 14.9 Å². The van der Waals surface area contributed by atoms with Crippen LogP contribution in [0.4, 0.5) is 11.6 Å². The lowest BCUT2D eigenvalue weighted by Gasteiger charge is -2.24. The second kappa shape index (κ2) is 7.43. The van der Waals surface area contributed by atoms with Crippen molar-refractivity contribution >= 4 is 11.6 Å². The summed E-state index contributed by atoms with van der Waals surface area (Å²) in [6, 6.07) is 0.778. The minimum atomic E-state index is 0.778. The topological polar surface area (TPSA) is 53.1 Å². The third-order valence-electron chi connectivity index (χ3n) is 4.13. The molecule has 5 nitrogen and oxygen atoms in total. The van der Waals surface area contributed by atoms with E-state index in [1.165, 1.54) is 25.7 Å². The number of aromatic nitrogens is 2. The molecule has 0 saturated heterocycles. The summed E-state index contributed by atoms with van der Waals surface area (Å²) in [6.45, 7) is 7.00. The Morgan fingerprint density at radius 3 is 2.50 bits per heavy atom. The van der Waals surface area contributed by atoms with Gasteiger partial charge >= 0.3 is 0 Å². The molecule has 0 amide bonds. The smallest absolute Gasteiger partial charge is 0.134 e. The fourth-order valence-electron chi connectivity index (χ4n) is 2.85. The summed E-state index contributed by atoms with van der Waals surface area (Å²) < 4.78 is 0. The van der Waals surface area contributed by atoms with Crippen LogP contribution in [0.5, 0.6) is 0 Å². The molecule has 2 N–H and O–H groups in total. The van der Waals surface area contributed by atoms with E-state index in [1.54, 1.807) is 6.33 Å². The highest BCUT2D eigenvalue weighted by molar-refractivity contribution is 5.56. The molecule has 0 atom stereocenters. The molecule has 2 rings (SSSR count). The molecule has 5 heteroatoms. The molecule has 1 heterocycles. The van der Waals surface area contributed by atoms with Gasteiger partial charge in [-0.3, -0.25) is 0 Å². The molecule has 0 bridgehead atoms. The SMILES string of the molecule is CCNc1ncnc(NCCN(C)C2CCCC2)c1C. The van der Waals surface area contributed by atoms with Gasteiger partial charge in [-0.2, -0.15) is 0 Å². The number of hydrogen-bond acceptors (Lipinski definition) is 5. The van der Waals surface area contributed by atoms with E-state index in [9.17, 15) is 0 Å². The van der Waals surface area contributed by atoms with Gasteiger partial charge in [-0.25, -0.2) is 9.97 Å². The van der Waals surface area contributed by atoms with Crippen molar-refractivity contribution < 1.29 is 0 Å². The molecule has 0 radical (unpaired) electrons. The molecule has 0 spiro atoms. The van der Waals surface area contributed by atoms with Gasteiger partial charge in [0.25, 0.3) is 0 Å². The Morgan fingerprint density at radius 1 is 1.20 bits per heavy atom. The van der Waals surface area contributed by atoms with Crippen LogP contribution in [0.15, 0.2) is 6.33 Å². The summed E-state index contributed by atoms with van der Waals surface area (Å²) in [5.74, 6) is 1.87. The Kier molecular flexibility index (Phi) is 5.59. The third kappa shape index (κ3) is 3.82. The predicted molar refractivity (Wildman–Crippen MR) is 84.3 cm³/mol. The van der Waals surface area contributed by atoms with E-state index < -0.39 is 0 Å². The third-order valence-corrected chi connectivity index (χ3v) is 4.13. The van der Waals surface area contributed by atoms with Crippen molar-refractivity contribution in [3.8, 4) is 0 Å². The lowest BCUT2D eigenvalue weighted by molar-refractivity contribution is 0.254. The normalized spacial score (nSPS) is 15.8. The van der Waals surface area contributed by atoms with Crippen LogP contribution in [0.2, 0.25) is 0 Å². The summed E-state index contributed by atoms with van der Waals surface area (Å²) in [5.41, 5.74) is 1.10. The monoisotopic (exact) mass is 277 g/mol. The Hall–Kier alpha value is -1.36. The van der Waals surface area contributed by atoms with Crippen molar-refractivity contribution in [3.63, 3.8) is 0 Å². The largest absolute Gasteiger partial charge is 0.370 e. The van der Waals surface area contributed by atoms with Gasteiger partial charge < -0.3 is 15.5 Å². The summed E-state index contributed by atoms with van der Waals surface area (Å²) in [5, 5.41) is 6.69. The van der Waals surface area contributed by atoms with Crippen molar-refractivity contribution in [2.75, 3.05) is 37.3 Å². The molecule has 1 fully saturated rings. The molecular weight excluding hydrogens is 250 g/mol. The average Bonchev–Trinajstić information content (AvgIpc) is 2.97. The number of hydrogen-bond donors (Lipinski definition) is 2. The first-order valence-electron chi connectivity index (χ1n) is 7.72. The Labute approximate surface area is 122 Å². The highest BCUT2D eigenvalue weighted by atomic mass is 15.2. The van der Waals surface area contributed by atoms with Gasteiger partial charge in [0.05, 0.1) is 0 Å². The molecule has 1 aliphatic rings. The van der Waals surface area contributed by atoms with Gasteiger partial charge in [0, 0.05) is 31.2 Å². The maximum absolute atomic E-state index is 4.33. The average molecular weight is 277 g/mol. The predicted octanol–water partition coefficient (Wildman–Crippen LogP) is 2.50. The maximum atomic E-state index is 4.33.